The van der Waals surface area contributed by atoms with Crippen molar-refractivity contribution in [3.63, 3.8) is 0 Å². The number of halogens is 4. The van der Waals surface area contributed by atoms with Crippen molar-refractivity contribution in [2.45, 2.75) is 12.6 Å². The Kier molecular flexibility index (Phi) is 4.31. The molecule has 124 valence electrons. The minimum Gasteiger partial charge on any atom is -0.356 e. The van der Waals surface area contributed by atoms with Gasteiger partial charge in [0.2, 0.25) is 5.91 Å². The number of carbonyl (C=O) groups is 1. The maximum atomic E-state index is 12.9. The molecule has 0 saturated heterocycles. The predicted molar refractivity (Wildman–Crippen MR) is 85.5 cm³/mol. The lowest BCUT2D eigenvalue weighted by Crippen LogP contribution is -2.15. The molecule has 2 aromatic carbocycles. The summed E-state index contributed by atoms with van der Waals surface area (Å²) < 4.78 is 43.6. The van der Waals surface area contributed by atoms with Crippen LogP contribution < -0.4 is 5.32 Å². The zero-order valence-electron chi connectivity index (χ0n) is 12.0. The minimum absolute atomic E-state index is 0.0586. The van der Waals surface area contributed by atoms with Crippen molar-refractivity contribution in [2.75, 3.05) is 5.32 Å². The average molecular weight is 399 g/mol. The number of anilines is 1. The smallest absolute Gasteiger partial charge is 0.356 e. The molecule has 0 aliphatic heterocycles. The third-order valence-corrected chi connectivity index (χ3v) is 4.03. The number of hydrogen-bond donors (Lipinski definition) is 1. The second-order valence-corrected chi connectivity index (χ2v) is 5.90. The van der Waals surface area contributed by atoms with Crippen LogP contribution in [0.15, 0.2) is 51.5 Å². The van der Waals surface area contributed by atoms with E-state index < -0.39 is 17.6 Å². The third-order valence-electron chi connectivity index (χ3n) is 3.34. The van der Waals surface area contributed by atoms with Gasteiger partial charge < -0.3 is 9.84 Å². The molecule has 1 amide bonds. The van der Waals surface area contributed by atoms with E-state index in [4.69, 9.17) is 4.52 Å². The van der Waals surface area contributed by atoms with E-state index in [1.807, 2.05) is 0 Å². The first kappa shape index (κ1) is 16.5. The van der Waals surface area contributed by atoms with Crippen LogP contribution in [0, 0.1) is 0 Å². The molecule has 0 radical (unpaired) electrons. The molecule has 1 aromatic heterocycles. The lowest BCUT2D eigenvalue weighted by molar-refractivity contribution is -0.138. The molecule has 0 fully saturated rings. The van der Waals surface area contributed by atoms with Crippen molar-refractivity contribution in [3.8, 4) is 0 Å². The van der Waals surface area contributed by atoms with Crippen molar-refractivity contribution in [3.05, 3.63) is 58.2 Å². The Morgan fingerprint density at radius 2 is 1.96 bits per heavy atom. The number of fused-ring (bicyclic) bond motifs is 1. The maximum Gasteiger partial charge on any atom is 0.417 e. The van der Waals surface area contributed by atoms with Crippen LogP contribution in [0.2, 0.25) is 0 Å². The van der Waals surface area contributed by atoms with Gasteiger partial charge in [0.05, 0.1) is 12.0 Å². The molecule has 0 bridgehead atoms. The monoisotopic (exact) mass is 398 g/mol. The lowest BCUT2D eigenvalue weighted by Gasteiger charge is -2.11. The number of para-hydroxylation sites is 1. The second-order valence-electron chi connectivity index (χ2n) is 5.04. The van der Waals surface area contributed by atoms with E-state index in [0.29, 0.717) is 16.7 Å². The standard InChI is InChI=1S/C16H10BrF3N2O2/c17-12-6-5-9(7-11(12)16(18,19)20)21-15(23)8-13-10-3-1-2-4-14(10)24-22-13/h1-7H,8H2,(H,21,23). The molecule has 0 aliphatic carbocycles. The van der Waals surface area contributed by atoms with Crippen LogP contribution in [-0.2, 0) is 17.4 Å². The molecule has 4 nitrogen and oxygen atoms in total. The summed E-state index contributed by atoms with van der Waals surface area (Å²) in [5.41, 5.74) is 0.176. The van der Waals surface area contributed by atoms with E-state index >= 15 is 0 Å². The normalized spacial score (nSPS) is 11.7. The molecule has 0 spiro atoms. The van der Waals surface area contributed by atoms with Crippen LogP contribution in [0.25, 0.3) is 11.0 Å². The fourth-order valence-corrected chi connectivity index (χ4v) is 2.71. The fourth-order valence-electron chi connectivity index (χ4n) is 2.24. The Morgan fingerprint density at radius 3 is 2.71 bits per heavy atom. The van der Waals surface area contributed by atoms with Gasteiger partial charge in [-0.2, -0.15) is 13.2 Å². The Morgan fingerprint density at radius 1 is 1.21 bits per heavy atom. The van der Waals surface area contributed by atoms with Gasteiger partial charge in [-0.25, -0.2) is 0 Å². The van der Waals surface area contributed by atoms with Gasteiger partial charge in [0.25, 0.3) is 0 Å². The SMILES string of the molecule is O=C(Cc1noc2ccccc12)Nc1ccc(Br)c(C(F)(F)F)c1. The Balaban J connectivity index is 1.78. The highest BCUT2D eigenvalue weighted by Gasteiger charge is 2.33. The van der Waals surface area contributed by atoms with Gasteiger partial charge in [-0.3, -0.25) is 4.79 Å². The summed E-state index contributed by atoms with van der Waals surface area (Å²) in [5.74, 6) is -0.482. The number of nitrogens with one attached hydrogen (secondary N) is 1. The molecular formula is C16H10BrF3N2O2. The van der Waals surface area contributed by atoms with Gasteiger partial charge in [0.1, 0.15) is 5.69 Å². The van der Waals surface area contributed by atoms with Gasteiger partial charge in [-0.05, 0) is 30.3 Å². The average Bonchev–Trinajstić information content (AvgIpc) is 2.91. The molecule has 0 unspecified atom stereocenters. The molecule has 1 N–H and O–H groups in total. The van der Waals surface area contributed by atoms with E-state index in [1.54, 1.807) is 24.3 Å². The number of amides is 1. The summed E-state index contributed by atoms with van der Waals surface area (Å²) in [6, 6.07) is 10.5. The van der Waals surface area contributed by atoms with Crippen molar-refractivity contribution in [1.29, 1.82) is 0 Å². The van der Waals surface area contributed by atoms with Crippen LogP contribution in [0.3, 0.4) is 0 Å². The molecule has 8 heteroatoms. The first-order valence-electron chi connectivity index (χ1n) is 6.84. The summed E-state index contributed by atoms with van der Waals surface area (Å²) >= 11 is 2.85. The molecule has 0 aliphatic rings. The first-order chi connectivity index (χ1) is 11.3. The fraction of sp³-hybridized carbons (Fsp3) is 0.125. The molecule has 3 rings (SSSR count). The highest BCUT2D eigenvalue weighted by molar-refractivity contribution is 9.10. The van der Waals surface area contributed by atoms with Crippen LogP contribution in [0.5, 0.6) is 0 Å². The van der Waals surface area contributed by atoms with E-state index in [0.717, 1.165) is 6.07 Å². The van der Waals surface area contributed by atoms with E-state index in [9.17, 15) is 18.0 Å². The summed E-state index contributed by atoms with van der Waals surface area (Å²) in [6.45, 7) is 0. The van der Waals surface area contributed by atoms with Crippen LogP contribution in [-0.4, -0.2) is 11.1 Å². The number of nitrogens with zero attached hydrogens (tertiary/aromatic N) is 1. The van der Waals surface area contributed by atoms with Gasteiger partial charge in [0.15, 0.2) is 5.58 Å². The van der Waals surface area contributed by atoms with Crippen molar-refractivity contribution in [1.82, 2.24) is 5.16 Å². The summed E-state index contributed by atoms with van der Waals surface area (Å²) in [7, 11) is 0. The molecule has 1 heterocycles. The Labute approximate surface area is 142 Å². The van der Waals surface area contributed by atoms with Crippen LogP contribution >= 0.6 is 15.9 Å². The van der Waals surface area contributed by atoms with Gasteiger partial charge >= 0.3 is 6.18 Å². The van der Waals surface area contributed by atoms with E-state index in [1.165, 1.54) is 12.1 Å². The van der Waals surface area contributed by atoms with Crippen molar-refractivity contribution in [2.24, 2.45) is 0 Å². The van der Waals surface area contributed by atoms with E-state index in [2.05, 4.69) is 26.4 Å². The van der Waals surface area contributed by atoms with Crippen molar-refractivity contribution >= 4 is 38.5 Å². The summed E-state index contributed by atoms with van der Waals surface area (Å²) in [5, 5.41) is 6.96. The topological polar surface area (TPSA) is 55.1 Å². The zero-order chi connectivity index (χ0) is 17.3. The summed E-state index contributed by atoms with van der Waals surface area (Å²) in [4.78, 5) is 12.1. The number of benzene rings is 2. The lowest BCUT2D eigenvalue weighted by atomic mass is 10.1. The summed E-state index contributed by atoms with van der Waals surface area (Å²) in [6.07, 6.45) is -4.61. The molecule has 3 aromatic rings. The highest BCUT2D eigenvalue weighted by Crippen LogP contribution is 2.36. The quantitative estimate of drug-likeness (QED) is 0.689. The van der Waals surface area contributed by atoms with Crippen molar-refractivity contribution < 1.29 is 22.5 Å². The maximum absolute atomic E-state index is 12.9. The first-order valence-corrected chi connectivity index (χ1v) is 7.64. The predicted octanol–water partition coefficient (Wildman–Crippen LogP) is 4.79. The molecule has 0 atom stereocenters. The third kappa shape index (κ3) is 3.43. The number of hydrogen-bond acceptors (Lipinski definition) is 3. The molecule has 0 saturated carbocycles. The second kappa shape index (κ2) is 6.27. The Hall–Kier alpha value is -2.35. The zero-order valence-corrected chi connectivity index (χ0v) is 13.6. The number of aromatic nitrogens is 1. The van der Waals surface area contributed by atoms with Gasteiger partial charge in [-0.15, -0.1) is 0 Å². The number of alkyl halides is 3. The Bertz CT molecular complexity index is 906. The number of carbonyl (C=O) groups excluding carboxylic acids is 1. The van der Waals surface area contributed by atoms with Crippen LogP contribution in [0.4, 0.5) is 18.9 Å². The van der Waals surface area contributed by atoms with Gasteiger partial charge in [0, 0.05) is 15.5 Å². The minimum atomic E-state index is -4.51. The molecule has 24 heavy (non-hydrogen) atoms. The van der Waals surface area contributed by atoms with Crippen LogP contribution in [0.1, 0.15) is 11.3 Å². The van der Waals surface area contributed by atoms with Gasteiger partial charge in [-0.1, -0.05) is 33.2 Å². The largest absolute Gasteiger partial charge is 0.417 e. The highest BCUT2D eigenvalue weighted by atomic mass is 79.9. The molecular weight excluding hydrogens is 389 g/mol. The van der Waals surface area contributed by atoms with E-state index in [-0.39, 0.29) is 16.6 Å². The number of rotatable bonds is 3.